The molecular formula is C19H24ClN5O. The van der Waals surface area contributed by atoms with Crippen LogP contribution in [0.4, 0.5) is 0 Å². The molecule has 2 aromatic rings. The second-order valence-corrected chi connectivity index (χ2v) is 7.99. The third kappa shape index (κ3) is 3.35. The molecule has 6 nitrogen and oxygen atoms in total. The quantitative estimate of drug-likeness (QED) is 0.861. The second kappa shape index (κ2) is 7.00. The lowest BCUT2D eigenvalue weighted by Crippen LogP contribution is -2.50. The predicted molar refractivity (Wildman–Crippen MR) is 99.9 cm³/mol. The van der Waals surface area contributed by atoms with Gasteiger partial charge in [-0.3, -0.25) is 4.79 Å². The Hall–Kier alpha value is -1.92. The molecule has 0 radical (unpaired) electrons. The van der Waals surface area contributed by atoms with Gasteiger partial charge >= 0.3 is 0 Å². The van der Waals surface area contributed by atoms with Crippen LogP contribution in [0.1, 0.15) is 67.0 Å². The van der Waals surface area contributed by atoms with E-state index in [4.69, 9.17) is 17.3 Å². The van der Waals surface area contributed by atoms with Crippen molar-refractivity contribution in [3.05, 3.63) is 46.7 Å². The Bertz CT molecular complexity index is 775. The van der Waals surface area contributed by atoms with Gasteiger partial charge in [-0.15, -0.1) is 5.10 Å². The fourth-order valence-electron chi connectivity index (χ4n) is 3.99. The van der Waals surface area contributed by atoms with E-state index in [0.29, 0.717) is 10.7 Å². The fourth-order valence-corrected chi connectivity index (χ4v) is 4.12. The summed E-state index contributed by atoms with van der Waals surface area (Å²) in [7, 11) is 0. The average Bonchev–Trinajstić information content (AvgIpc) is 3.10. The number of benzene rings is 1. The molecular weight excluding hydrogens is 350 g/mol. The van der Waals surface area contributed by atoms with Gasteiger partial charge < -0.3 is 11.1 Å². The summed E-state index contributed by atoms with van der Waals surface area (Å²) < 4.78 is 1.83. The summed E-state index contributed by atoms with van der Waals surface area (Å²) in [6.45, 7) is 0. The van der Waals surface area contributed by atoms with E-state index in [-0.39, 0.29) is 23.5 Å². The maximum Gasteiger partial charge on any atom is 0.274 e. The van der Waals surface area contributed by atoms with Gasteiger partial charge in [0.15, 0.2) is 5.69 Å². The molecule has 2 saturated carbocycles. The molecule has 2 fully saturated rings. The van der Waals surface area contributed by atoms with Crippen LogP contribution in [0.15, 0.2) is 30.5 Å². The highest BCUT2D eigenvalue weighted by molar-refractivity contribution is 6.30. The zero-order valence-electron chi connectivity index (χ0n) is 14.7. The predicted octanol–water partition coefficient (Wildman–Crippen LogP) is 3.18. The molecule has 2 aliphatic carbocycles. The Morgan fingerprint density at radius 1 is 1.19 bits per heavy atom. The van der Waals surface area contributed by atoms with Crippen molar-refractivity contribution in [2.75, 3.05) is 0 Å². The number of nitrogens with two attached hydrogens (primary N) is 1. The number of carbonyl (C=O) groups excluding carboxylic acids is 1. The van der Waals surface area contributed by atoms with Gasteiger partial charge in [-0.2, -0.15) is 0 Å². The molecule has 0 aliphatic heterocycles. The highest BCUT2D eigenvalue weighted by Gasteiger charge is 2.40. The van der Waals surface area contributed by atoms with Gasteiger partial charge in [0.1, 0.15) is 0 Å². The monoisotopic (exact) mass is 373 g/mol. The lowest BCUT2D eigenvalue weighted by molar-refractivity contribution is 0.0818. The topological polar surface area (TPSA) is 85.8 Å². The lowest BCUT2D eigenvalue weighted by atomic mass is 9.71. The summed E-state index contributed by atoms with van der Waals surface area (Å²) in [5.74, 6) is -0.168. The molecule has 0 atom stereocenters. The van der Waals surface area contributed by atoms with Crippen LogP contribution in [0.3, 0.4) is 0 Å². The van der Waals surface area contributed by atoms with Crippen LogP contribution in [0.25, 0.3) is 0 Å². The number of nitrogens with zero attached hydrogens (tertiary/aromatic N) is 3. The third-order valence-corrected chi connectivity index (χ3v) is 6.07. The van der Waals surface area contributed by atoms with Crippen LogP contribution < -0.4 is 11.1 Å². The fraction of sp³-hybridized carbons (Fsp3) is 0.526. The number of nitrogens with one attached hydrogen (secondary N) is 1. The van der Waals surface area contributed by atoms with Gasteiger partial charge in [-0.1, -0.05) is 28.9 Å². The van der Waals surface area contributed by atoms with Gasteiger partial charge in [0, 0.05) is 11.1 Å². The Balaban J connectivity index is 1.47. The molecule has 0 spiro atoms. The van der Waals surface area contributed by atoms with E-state index < -0.39 is 0 Å². The Labute approximate surface area is 158 Å². The number of carbonyl (C=O) groups is 1. The van der Waals surface area contributed by atoms with Crippen LogP contribution in [0.5, 0.6) is 0 Å². The van der Waals surface area contributed by atoms with Crippen molar-refractivity contribution in [1.29, 1.82) is 0 Å². The van der Waals surface area contributed by atoms with Crippen molar-refractivity contribution in [1.82, 2.24) is 20.3 Å². The van der Waals surface area contributed by atoms with E-state index in [9.17, 15) is 4.79 Å². The first-order valence-electron chi connectivity index (χ1n) is 9.32. The van der Waals surface area contributed by atoms with Crippen LogP contribution in [-0.2, 0) is 5.54 Å². The standard InChI is InChI=1S/C19H24ClN5O/c20-14-4-2-13(3-5-14)19(10-1-11-19)22-18(26)17-12-25(24-23-17)16-8-6-15(21)7-9-16/h2-5,12,15-16H,1,6-11,21H2,(H,22,26). The number of halogens is 1. The highest BCUT2D eigenvalue weighted by Crippen LogP contribution is 2.41. The maximum atomic E-state index is 12.8. The molecule has 2 aliphatic rings. The first-order chi connectivity index (χ1) is 12.6. The summed E-state index contributed by atoms with van der Waals surface area (Å²) in [5, 5.41) is 12.2. The summed E-state index contributed by atoms with van der Waals surface area (Å²) in [6.07, 6.45) is 8.67. The highest BCUT2D eigenvalue weighted by atomic mass is 35.5. The number of amides is 1. The zero-order chi connectivity index (χ0) is 18.1. The minimum Gasteiger partial charge on any atom is -0.341 e. The van der Waals surface area contributed by atoms with Crippen LogP contribution in [-0.4, -0.2) is 26.9 Å². The van der Waals surface area contributed by atoms with E-state index in [1.54, 1.807) is 6.20 Å². The molecule has 0 unspecified atom stereocenters. The van der Waals surface area contributed by atoms with E-state index in [2.05, 4.69) is 15.6 Å². The minimum absolute atomic E-state index is 0.168. The number of hydrogen-bond donors (Lipinski definition) is 2. The van der Waals surface area contributed by atoms with Crippen molar-refractivity contribution in [2.24, 2.45) is 5.73 Å². The lowest BCUT2D eigenvalue weighted by Gasteiger charge is -2.43. The molecule has 3 N–H and O–H groups in total. The van der Waals surface area contributed by atoms with Crippen molar-refractivity contribution in [3.8, 4) is 0 Å². The van der Waals surface area contributed by atoms with Crippen molar-refractivity contribution in [2.45, 2.75) is 62.6 Å². The molecule has 1 aromatic carbocycles. The van der Waals surface area contributed by atoms with Crippen molar-refractivity contribution in [3.63, 3.8) is 0 Å². The number of hydrogen-bond acceptors (Lipinski definition) is 4. The zero-order valence-corrected chi connectivity index (χ0v) is 15.5. The Kier molecular flexibility index (Phi) is 4.71. The molecule has 26 heavy (non-hydrogen) atoms. The molecule has 7 heteroatoms. The molecule has 1 amide bonds. The minimum atomic E-state index is -0.316. The second-order valence-electron chi connectivity index (χ2n) is 7.55. The summed E-state index contributed by atoms with van der Waals surface area (Å²) in [5.41, 5.74) is 7.12. The van der Waals surface area contributed by atoms with E-state index in [1.165, 1.54) is 0 Å². The first kappa shape index (κ1) is 17.5. The van der Waals surface area contributed by atoms with Gasteiger partial charge in [0.2, 0.25) is 0 Å². The van der Waals surface area contributed by atoms with Crippen molar-refractivity contribution < 1.29 is 4.79 Å². The Morgan fingerprint density at radius 3 is 2.50 bits per heavy atom. The largest absolute Gasteiger partial charge is 0.341 e. The molecule has 4 rings (SSSR count). The molecule has 0 bridgehead atoms. The van der Waals surface area contributed by atoms with Crippen LogP contribution in [0.2, 0.25) is 5.02 Å². The van der Waals surface area contributed by atoms with E-state index >= 15 is 0 Å². The molecule has 1 heterocycles. The average molecular weight is 374 g/mol. The summed E-state index contributed by atoms with van der Waals surface area (Å²) >= 11 is 5.99. The van der Waals surface area contributed by atoms with Gasteiger partial charge in [-0.05, 0) is 62.6 Å². The normalized spacial score (nSPS) is 24.7. The van der Waals surface area contributed by atoms with Crippen molar-refractivity contribution >= 4 is 17.5 Å². The molecule has 138 valence electrons. The summed E-state index contributed by atoms with van der Waals surface area (Å²) in [6, 6.07) is 8.29. The molecule has 1 aromatic heterocycles. The Morgan fingerprint density at radius 2 is 1.88 bits per heavy atom. The van der Waals surface area contributed by atoms with Crippen LogP contribution >= 0.6 is 11.6 Å². The third-order valence-electron chi connectivity index (χ3n) is 5.82. The smallest absolute Gasteiger partial charge is 0.274 e. The van der Waals surface area contributed by atoms with Gasteiger partial charge in [0.05, 0.1) is 17.8 Å². The van der Waals surface area contributed by atoms with Gasteiger partial charge in [0.25, 0.3) is 5.91 Å². The number of rotatable bonds is 4. The maximum absolute atomic E-state index is 12.8. The number of aromatic nitrogens is 3. The first-order valence-corrected chi connectivity index (χ1v) is 9.69. The SMILES string of the molecule is NC1CCC(n2cc(C(=O)NC3(c4ccc(Cl)cc4)CCC3)nn2)CC1. The van der Waals surface area contributed by atoms with E-state index in [1.807, 2.05) is 28.9 Å². The molecule has 0 saturated heterocycles. The van der Waals surface area contributed by atoms with Gasteiger partial charge in [-0.25, -0.2) is 4.68 Å². The van der Waals surface area contributed by atoms with Crippen LogP contribution in [0, 0.1) is 0 Å². The summed E-state index contributed by atoms with van der Waals surface area (Å²) in [4.78, 5) is 12.8. The van der Waals surface area contributed by atoms with E-state index in [0.717, 1.165) is 50.5 Å².